The van der Waals surface area contributed by atoms with Crippen LogP contribution in [0.1, 0.15) is 43.3 Å². The van der Waals surface area contributed by atoms with Gasteiger partial charge in [-0.2, -0.15) is 0 Å². The number of benzene rings is 2. The van der Waals surface area contributed by atoms with Crippen molar-refractivity contribution >= 4 is 35.1 Å². The van der Waals surface area contributed by atoms with Crippen molar-refractivity contribution in [3.8, 4) is 0 Å². The Balaban J connectivity index is 2.20. The van der Waals surface area contributed by atoms with Crippen LogP contribution in [0.3, 0.4) is 0 Å². The number of rotatable bonds is 3. The molecule has 0 bridgehead atoms. The predicted molar refractivity (Wildman–Crippen MR) is 95.0 cm³/mol. The highest BCUT2D eigenvalue weighted by atomic mass is 35.5. The molecule has 2 aromatic carbocycles. The fourth-order valence-electron chi connectivity index (χ4n) is 3.23. The Labute approximate surface area is 154 Å². The summed E-state index contributed by atoms with van der Waals surface area (Å²) in [7, 11) is 1.93. The number of carbonyl (C=O) groups is 2. The summed E-state index contributed by atoms with van der Waals surface area (Å²) in [6.45, 7) is 1.25. The normalized spacial score (nSPS) is 17.2. The molecule has 7 heteroatoms. The Kier molecular flexibility index (Phi) is 4.73. The van der Waals surface area contributed by atoms with Gasteiger partial charge >= 0.3 is 11.9 Å². The molecule has 0 radical (unpaired) electrons. The van der Waals surface area contributed by atoms with Gasteiger partial charge in [-0.1, -0.05) is 23.2 Å². The first-order chi connectivity index (χ1) is 11.8. The summed E-state index contributed by atoms with van der Waals surface area (Å²) in [5, 5.41) is 19.6. The van der Waals surface area contributed by atoms with Crippen molar-refractivity contribution in [2.45, 2.75) is 12.5 Å². The minimum Gasteiger partial charge on any atom is -0.478 e. The quantitative estimate of drug-likeness (QED) is 0.843. The summed E-state index contributed by atoms with van der Waals surface area (Å²) in [6.07, 6.45) is 0. The number of aromatic carboxylic acids is 2. The molecule has 2 N–H and O–H groups in total. The molecule has 0 saturated carbocycles. The van der Waals surface area contributed by atoms with Crippen molar-refractivity contribution in [1.29, 1.82) is 0 Å². The zero-order valence-corrected chi connectivity index (χ0v) is 14.8. The van der Waals surface area contributed by atoms with E-state index in [1.54, 1.807) is 6.07 Å². The lowest BCUT2D eigenvalue weighted by atomic mass is 9.83. The largest absolute Gasteiger partial charge is 0.478 e. The Hall–Kier alpha value is -2.08. The molecule has 0 saturated heterocycles. The van der Waals surface area contributed by atoms with Crippen LogP contribution < -0.4 is 0 Å². The van der Waals surface area contributed by atoms with Crippen molar-refractivity contribution < 1.29 is 19.8 Å². The third kappa shape index (κ3) is 3.49. The second kappa shape index (κ2) is 6.67. The summed E-state index contributed by atoms with van der Waals surface area (Å²) in [4.78, 5) is 24.8. The molecule has 5 nitrogen and oxygen atoms in total. The molecular weight excluding hydrogens is 365 g/mol. The Morgan fingerprint density at radius 1 is 1.04 bits per heavy atom. The van der Waals surface area contributed by atoms with Gasteiger partial charge in [0.15, 0.2) is 0 Å². The van der Waals surface area contributed by atoms with Gasteiger partial charge in [-0.25, -0.2) is 9.59 Å². The van der Waals surface area contributed by atoms with E-state index < -0.39 is 11.9 Å². The Morgan fingerprint density at radius 3 is 2.20 bits per heavy atom. The second-order valence-electron chi connectivity index (χ2n) is 6.16. The lowest BCUT2D eigenvalue weighted by Crippen LogP contribution is -2.31. The molecule has 0 aromatic heterocycles. The fraction of sp³-hybridized carbons (Fsp3) is 0.222. The molecule has 3 rings (SSSR count). The van der Waals surface area contributed by atoms with Crippen LogP contribution in [0, 0.1) is 0 Å². The van der Waals surface area contributed by atoms with E-state index in [9.17, 15) is 19.8 Å². The van der Waals surface area contributed by atoms with E-state index in [4.69, 9.17) is 23.2 Å². The maximum Gasteiger partial charge on any atom is 0.335 e. The van der Waals surface area contributed by atoms with Crippen LogP contribution in [0.4, 0.5) is 0 Å². The number of nitrogens with zero attached hydrogens (tertiary/aromatic N) is 1. The summed E-state index contributed by atoms with van der Waals surface area (Å²) in [5.74, 6) is -2.56. The first kappa shape index (κ1) is 17.7. The van der Waals surface area contributed by atoms with Gasteiger partial charge in [0, 0.05) is 29.1 Å². The number of carboxylic acid groups (broad SMARTS) is 2. The van der Waals surface area contributed by atoms with Crippen molar-refractivity contribution in [2.24, 2.45) is 0 Å². The third-order valence-electron chi connectivity index (χ3n) is 4.34. The van der Waals surface area contributed by atoms with Crippen molar-refractivity contribution in [2.75, 3.05) is 13.6 Å². The van der Waals surface area contributed by atoms with Gasteiger partial charge in [0.05, 0.1) is 11.1 Å². The lowest BCUT2D eigenvalue weighted by molar-refractivity contribution is 0.0696. The monoisotopic (exact) mass is 379 g/mol. The van der Waals surface area contributed by atoms with Crippen molar-refractivity contribution in [3.63, 3.8) is 0 Å². The topological polar surface area (TPSA) is 77.8 Å². The number of carboxylic acids is 2. The Morgan fingerprint density at radius 2 is 1.64 bits per heavy atom. The first-order valence-electron chi connectivity index (χ1n) is 7.54. The zero-order chi connectivity index (χ0) is 18.3. The van der Waals surface area contributed by atoms with E-state index in [1.807, 2.05) is 13.1 Å². The van der Waals surface area contributed by atoms with Crippen molar-refractivity contribution in [1.82, 2.24) is 4.90 Å². The molecule has 1 unspecified atom stereocenters. The molecular formula is C18H15Cl2NO4. The van der Waals surface area contributed by atoms with Gasteiger partial charge in [-0.05, 0) is 54.1 Å². The van der Waals surface area contributed by atoms with Crippen LogP contribution in [0.5, 0.6) is 0 Å². The summed E-state index contributed by atoms with van der Waals surface area (Å²) in [6, 6.07) is 7.67. The summed E-state index contributed by atoms with van der Waals surface area (Å²) in [5.41, 5.74) is 2.32. The van der Waals surface area contributed by atoms with Gasteiger partial charge in [-0.15, -0.1) is 0 Å². The minimum absolute atomic E-state index is 0.0576. The molecule has 1 aliphatic rings. The highest BCUT2D eigenvalue weighted by molar-refractivity contribution is 6.35. The average molecular weight is 380 g/mol. The molecule has 0 spiro atoms. The molecule has 1 aliphatic heterocycles. The molecule has 1 atom stereocenters. The highest BCUT2D eigenvalue weighted by Gasteiger charge is 2.28. The Bertz CT molecular complexity index is 849. The second-order valence-corrected chi connectivity index (χ2v) is 7.00. The van der Waals surface area contributed by atoms with E-state index in [1.165, 1.54) is 12.1 Å². The molecule has 1 heterocycles. The third-order valence-corrected chi connectivity index (χ3v) is 4.90. The maximum atomic E-state index is 11.4. The molecule has 25 heavy (non-hydrogen) atoms. The number of fused-ring (bicyclic) bond motifs is 1. The molecule has 0 fully saturated rings. The number of hydrogen-bond acceptors (Lipinski definition) is 3. The maximum absolute atomic E-state index is 11.4. The highest BCUT2D eigenvalue weighted by Crippen LogP contribution is 2.38. The van der Waals surface area contributed by atoms with E-state index in [0.717, 1.165) is 17.2 Å². The van der Waals surface area contributed by atoms with Crippen LogP contribution in [0.25, 0.3) is 0 Å². The molecule has 0 amide bonds. The van der Waals surface area contributed by atoms with E-state index in [2.05, 4.69) is 4.90 Å². The SMILES string of the molecule is CN1Cc2c(Cl)cc(Cl)cc2C(c2cc(C(=O)O)cc(C(=O)O)c2)C1. The lowest BCUT2D eigenvalue weighted by Gasteiger charge is -2.33. The summed E-state index contributed by atoms with van der Waals surface area (Å²) >= 11 is 12.5. The smallest absolute Gasteiger partial charge is 0.335 e. The van der Waals surface area contributed by atoms with Gasteiger partial charge < -0.3 is 15.1 Å². The molecule has 130 valence electrons. The van der Waals surface area contributed by atoms with Gasteiger partial charge in [0.1, 0.15) is 0 Å². The minimum atomic E-state index is -1.17. The first-order valence-corrected chi connectivity index (χ1v) is 8.29. The van der Waals surface area contributed by atoms with Crippen LogP contribution in [0.15, 0.2) is 30.3 Å². The predicted octanol–water partition coefficient (Wildman–Crippen LogP) is 3.97. The van der Waals surface area contributed by atoms with Crippen molar-refractivity contribution in [3.05, 3.63) is 68.2 Å². The van der Waals surface area contributed by atoms with Gasteiger partial charge in [-0.3, -0.25) is 0 Å². The van der Waals surface area contributed by atoms with Gasteiger partial charge in [0.25, 0.3) is 0 Å². The number of hydrogen-bond donors (Lipinski definition) is 2. The fourth-order valence-corrected chi connectivity index (χ4v) is 3.80. The summed E-state index contributed by atoms with van der Waals surface area (Å²) < 4.78 is 0. The van der Waals surface area contributed by atoms with Crippen LogP contribution >= 0.6 is 23.2 Å². The number of halogens is 2. The van der Waals surface area contributed by atoms with E-state index in [-0.39, 0.29) is 17.0 Å². The zero-order valence-electron chi connectivity index (χ0n) is 13.3. The standard InChI is InChI=1S/C18H15Cl2NO4/c1-21-7-14(13-5-12(19)6-16(20)15(13)8-21)9-2-10(17(22)23)4-11(3-9)18(24)25/h2-6,14H,7-8H2,1H3,(H,22,23)(H,24,25). The van der Waals surface area contributed by atoms with Crippen LogP contribution in [0.2, 0.25) is 10.0 Å². The molecule has 0 aliphatic carbocycles. The van der Waals surface area contributed by atoms with Gasteiger partial charge in [0.2, 0.25) is 0 Å². The number of likely N-dealkylation sites (N-methyl/N-ethyl adjacent to an activating group) is 1. The average Bonchev–Trinajstić information content (AvgIpc) is 2.54. The van der Waals surface area contributed by atoms with E-state index >= 15 is 0 Å². The van der Waals surface area contributed by atoms with Crippen LogP contribution in [-0.2, 0) is 6.54 Å². The molecule has 2 aromatic rings. The van der Waals surface area contributed by atoms with E-state index in [0.29, 0.717) is 28.7 Å². The van der Waals surface area contributed by atoms with Crippen LogP contribution in [-0.4, -0.2) is 40.6 Å².